The van der Waals surface area contributed by atoms with Gasteiger partial charge < -0.3 is 15.2 Å². The number of imidazole rings is 1. The van der Waals surface area contributed by atoms with Crippen LogP contribution in [0.25, 0.3) is 11.0 Å². The van der Waals surface area contributed by atoms with Crippen molar-refractivity contribution in [2.45, 2.75) is 26.3 Å². The summed E-state index contributed by atoms with van der Waals surface area (Å²) in [7, 11) is 1.81. The molecule has 1 aromatic carbocycles. The molecule has 0 aliphatic heterocycles. The minimum atomic E-state index is 0.0214. The number of benzene rings is 1. The van der Waals surface area contributed by atoms with E-state index in [9.17, 15) is 4.79 Å². The van der Waals surface area contributed by atoms with E-state index >= 15 is 0 Å². The van der Waals surface area contributed by atoms with Gasteiger partial charge in [-0.1, -0.05) is 25.5 Å². The molecule has 0 fully saturated rings. The third-order valence-electron chi connectivity index (χ3n) is 3.03. The van der Waals surface area contributed by atoms with E-state index in [1.807, 2.05) is 35.9 Å². The molecule has 0 spiro atoms. The van der Waals surface area contributed by atoms with Crippen LogP contribution in [0, 0.1) is 0 Å². The van der Waals surface area contributed by atoms with Crippen molar-refractivity contribution in [2.75, 3.05) is 18.9 Å². The van der Waals surface area contributed by atoms with Gasteiger partial charge in [0.05, 0.1) is 11.0 Å². The van der Waals surface area contributed by atoms with E-state index in [4.69, 9.17) is 0 Å². The van der Waals surface area contributed by atoms with E-state index in [2.05, 4.69) is 22.5 Å². The number of aromatic nitrogens is 2. The first-order valence-electron chi connectivity index (χ1n) is 6.66. The second-order valence-electron chi connectivity index (χ2n) is 4.46. The Morgan fingerprint density at radius 1 is 1.37 bits per heavy atom. The first-order chi connectivity index (χ1) is 9.26. The SMILES string of the molecule is CCCCNC(=O)Cn1c(NC)nc2ccccc21. The van der Waals surface area contributed by atoms with Gasteiger partial charge >= 0.3 is 0 Å². The Morgan fingerprint density at radius 2 is 2.16 bits per heavy atom. The van der Waals surface area contributed by atoms with Crippen LogP contribution in [0.1, 0.15) is 19.8 Å². The molecule has 0 aliphatic rings. The predicted molar refractivity (Wildman–Crippen MR) is 77.2 cm³/mol. The van der Waals surface area contributed by atoms with Gasteiger partial charge in [0.15, 0.2) is 0 Å². The number of hydrogen-bond donors (Lipinski definition) is 2. The molecule has 102 valence electrons. The number of carbonyl (C=O) groups is 1. The summed E-state index contributed by atoms with van der Waals surface area (Å²) >= 11 is 0. The van der Waals surface area contributed by atoms with Crippen molar-refractivity contribution in [3.63, 3.8) is 0 Å². The van der Waals surface area contributed by atoms with Crippen LogP contribution in [0.3, 0.4) is 0 Å². The van der Waals surface area contributed by atoms with Gasteiger partial charge in [-0.15, -0.1) is 0 Å². The second-order valence-corrected chi connectivity index (χ2v) is 4.46. The number of carbonyl (C=O) groups excluding carboxylic acids is 1. The molecule has 0 unspecified atom stereocenters. The quantitative estimate of drug-likeness (QED) is 0.781. The highest BCUT2D eigenvalue weighted by Gasteiger charge is 2.11. The molecule has 5 heteroatoms. The molecule has 1 aromatic heterocycles. The normalized spacial score (nSPS) is 10.6. The maximum Gasteiger partial charge on any atom is 0.240 e. The van der Waals surface area contributed by atoms with Crippen LogP contribution >= 0.6 is 0 Å². The number of hydrogen-bond acceptors (Lipinski definition) is 3. The Kier molecular flexibility index (Phi) is 4.39. The zero-order chi connectivity index (χ0) is 13.7. The summed E-state index contributed by atoms with van der Waals surface area (Å²) in [5.74, 6) is 0.736. The minimum Gasteiger partial charge on any atom is -0.359 e. The van der Waals surface area contributed by atoms with Gasteiger partial charge in [0.1, 0.15) is 6.54 Å². The molecule has 19 heavy (non-hydrogen) atoms. The van der Waals surface area contributed by atoms with Gasteiger partial charge in [-0.3, -0.25) is 4.79 Å². The largest absolute Gasteiger partial charge is 0.359 e. The van der Waals surface area contributed by atoms with Crippen molar-refractivity contribution in [3.05, 3.63) is 24.3 Å². The Labute approximate surface area is 113 Å². The Bertz CT molecular complexity index is 562. The molecule has 0 atom stereocenters. The number of unbranched alkanes of at least 4 members (excludes halogenated alkanes) is 1. The fourth-order valence-corrected chi connectivity index (χ4v) is 2.03. The number of nitrogens with zero attached hydrogens (tertiary/aromatic N) is 2. The second kappa shape index (κ2) is 6.22. The van der Waals surface area contributed by atoms with Crippen molar-refractivity contribution >= 4 is 22.9 Å². The summed E-state index contributed by atoms with van der Waals surface area (Å²) in [5.41, 5.74) is 1.87. The van der Waals surface area contributed by atoms with Crippen LogP contribution in [-0.4, -0.2) is 29.1 Å². The summed E-state index contributed by atoms with van der Waals surface area (Å²) in [5, 5.41) is 5.95. The van der Waals surface area contributed by atoms with Gasteiger partial charge in [0.25, 0.3) is 0 Å². The number of fused-ring (bicyclic) bond motifs is 1. The molecule has 1 heterocycles. The van der Waals surface area contributed by atoms with Crippen molar-refractivity contribution in [1.82, 2.24) is 14.9 Å². The summed E-state index contributed by atoms with van der Waals surface area (Å²) in [6, 6.07) is 7.82. The topological polar surface area (TPSA) is 59.0 Å². The Hall–Kier alpha value is -2.04. The lowest BCUT2D eigenvalue weighted by Gasteiger charge is -2.09. The first-order valence-corrected chi connectivity index (χ1v) is 6.66. The number of anilines is 1. The van der Waals surface area contributed by atoms with Crippen molar-refractivity contribution in [3.8, 4) is 0 Å². The van der Waals surface area contributed by atoms with Crippen molar-refractivity contribution < 1.29 is 4.79 Å². The van der Waals surface area contributed by atoms with Crippen LogP contribution in [-0.2, 0) is 11.3 Å². The average Bonchev–Trinajstić information content (AvgIpc) is 2.77. The van der Waals surface area contributed by atoms with Crippen LogP contribution in [0.5, 0.6) is 0 Å². The van der Waals surface area contributed by atoms with Gasteiger partial charge in [-0.05, 0) is 18.6 Å². The van der Waals surface area contributed by atoms with Crippen molar-refractivity contribution in [1.29, 1.82) is 0 Å². The summed E-state index contributed by atoms with van der Waals surface area (Å²) < 4.78 is 1.90. The molecule has 0 bridgehead atoms. The van der Waals surface area contributed by atoms with Crippen molar-refractivity contribution in [2.24, 2.45) is 0 Å². The third kappa shape index (κ3) is 3.05. The number of nitrogens with one attached hydrogen (secondary N) is 2. The van der Waals surface area contributed by atoms with Crippen LogP contribution in [0.15, 0.2) is 24.3 Å². The number of amides is 1. The standard InChI is InChI=1S/C14H20N4O/c1-3-4-9-16-13(19)10-18-12-8-6-5-7-11(12)17-14(18)15-2/h5-8H,3-4,9-10H2,1-2H3,(H,15,17)(H,16,19). The zero-order valence-electron chi connectivity index (χ0n) is 11.4. The fraction of sp³-hybridized carbons (Fsp3) is 0.429. The highest BCUT2D eigenvalue weighted by atomic mass is 16.1. The van der Waals surface area contributed by atoms with E-state index in [-0.39, 0.29) is 5.91 Å². The molecule has 0 radical (unpaired) electrons. The highest BCUT2D eigenvalue weighted by molar-refractivity contribution is 5.83. The maximum absolute atomic E-state index is 11.9. The van der Waals surface area contributed by atoms with E-state index in [0.29, 0.717) is 12.5 Å². The lowest BCUT2D eigenvalue weighted by atomic mass is 10.3. The molecule has 0 saturated carbocycles. The fourth-order valence-electron chi connectivity index (χ4n) is 2.03. The zero-order valence-corrected chi connectivity index (χ0v) is 11.4. The molecule has 2 rings (SSSR count). The third-order valence-corrected chi connectivity index (χ3v) is 3.03. The molecular formula is C14H20N4O. The van der Waals surface area contributed by atoms with Gasteiger partial charge in [0, 0.05) is 13.6 Å². The molecular weight excluding hydrogens is 240 g/mol. The molecule has 2 N–H and O–H groups in total. The van der Waals surface area contributed by atoms with Gasteiger partial charge in [-0.2, -0.15) is 0 Å². The minimum absolute atomic E-state index is 0.0214. The monoisotopic (exact) mass is 260 g/mol. The Balaban J connectivity index is 2.16. The molecule has 0 saturated heterocycles. The van der Waals surface area contributed by atoms with Gasteiger partial charge in [0.2, 0.25) is 11.9 Å². The molecule has 2 aromatic rings. The summed E-state index contributed by atoms with van der Waals surface area (Å²) in [4.78, 5) is 16.4. The lowest BCUT2D eigenvalue weighted by molar-refractivity contribution is -0.121. The first kappa shape index (κ1) is 13.4. The Morgan fingerprint density at radius 3 is 2.89 bits per heavy atom. The van der Waals surface area contributed by atoms with Crippen LogP contribution in [0.2, 0.25) is 0 Å². The lowest BCUT2D eigenvalue weighted by Crippen LogP contribution is -2.28. The summed E-state index contributed by atoms with van der Waals surface area (Å²) in [6.45, 7) is 3.13. The van der Waals surface area contributed by atoms with E-state index in [0.717, 1.165) is 30.4 Å². The maximum atomic E-state index is 11.9. The van der Waals surface area contributed by atoms with Crippen LogP contribution in [0.4, 0.5) is 5.95 Å². The predicted octanol–water partition coefficient (Wildman–Crippen LogP) is 1.99. The molecule has 1 amide bonds. The summed E-state index contributed by atoms with van der Waals surface area (Å²) in [6.07, 6.45) is 2.09. The highest BCUT2D eigenvalue weighted by Crippen LogP contribution is 2.18. The van der Waals surface area contributed by atoms with E-state index in [1.165, 1.54) is 0 Å². The van der Waals surface area contributed by atoms with Gasteiger partial charge in [-0.25, -0.2) is 4.98 Å². The molecule has 0 aliphatic carbocycles. The molecule has 5 nitrogen and oxygen atoms in total. The smallest absolute Gasteiger partial charge is 0.240 e. The van der Waals surface area contributed by atoms with Crippen LogP contribution < -0.4 is 10.6 Å². The average molecular weight is 260 g/mol. The van der Waals surface area contributed by atoms with E-state index < -0.39 is 0 Å². The number of rotatable bonds is 6. The van der Waals surface area contributed by atoms with E-state index in [1.54, 1.807) is 0 Å². The number of para-hydroxylation sites is 2.